The normalized spacial score (nSPS) is 36.6. The first-order valence-electron chi connectivity index (χ1n) is 11.6. The minimum Gasteiger partial charge on any atom is -0.393 e. The third kappa shape index (κ3) is 5.25. The van der Waals surface area contributed by atoms with E-state index in [0.717, 1.165) is 25.7 Å². The molecule has 2 N–H and O–H groups in total. The predicted molar refractivity (Wildman–Crippen MR) is 121 cm³/mol. The zero-order chi connectivity index (χ0) is 21.2. The number of hydrogen-bond acceptors (Lipinski definition) is 2. The van der Waals surface area contributed by atoms with Crippen molar-refractivity contribution in [2.75, 3.05) is 0 Å². The summed E-state index contributed by atoms with van der Waals surface area (Å²) in [4.78, 5) is 0. The molecule has 0 radical (unpaired) electrons. The fraction of sp³-hybridized carbons (Fsp3) is 0.704. The smallest absolute Gasteiger partial charge is 0.119 e. The van der Waals surface area contributed by atoms with Crippen LogP contribution in [-0.2, 0) is 0 Å². The van der Waals surface area contributed by atoms with Gasteiger partial charge >= 0.3 is 0 Å². The molecule has 0 bridgehead atoms. The van der Waals surface area contributed by atoms with E-state index < -0.39 is 5.60 Å². The van der Waals surface area contributed by atoms with E-state index in [1.54, 1.807) is 19.4 Å². The molecule has 0 unspecified atom stereocenters. The molecule has 3 fully saturated rings. The molecule has 0 heterocycles. The molecule has 29 heavy (non-hydrogen) atoms. The molecule has 2 nitrogen and oxygen atoms in total. The minimum absolute atomic E-state index is 0.205. The molecule has 5 atom stereocenters. The quantitative estimate of drug-likeness (QED) is 0.578. The summed E-state index contributed by atoms with van der Waals surface area (Å²) >= 11 is 0. The van der Waals surface area contributed by atoms with Gasteiger partial charge in [-0.2, -0.15) is 0 Å². The highest BCUT2D eigenvalue weighted by molar-refractivity contribution is 5.36. The van der Waals surface area contributed by atoms with Crippen LogP contribution in [0.5, 0.6) is 0 Å². The van der Waals surface area contributed by atoms with Crippen molar-refractivity contribution in [3.63, 3.8) is 0 Å². The molecule has 0 aromatic heterocycles. The second-order valence-electron chi connectivity index (χ2n) is 10.6. The fourth-order valence-corrected chi connectivity index (χ4v) is 6.18. The van der Waals surface area contributed by atoms with Crippen LogP contribution in [0.4, 0.5) is 0 Å². The number of aliphatic hydroxyl groups excluding tert-OH is 1. The van der Waals surface area contributed by atoms with E-state index in [1.165, 1.54) is 43.3 Å². The highest BCUT2D eigenvalue weighted by atomic mass is 16.3. The molecule has 0 spiro atoms. The van der Waals surface area contributed by atoms with Gasteiger partial charge in [0, 0.05) is 6.42 Å². The Labute approximate surface area is 178 Å². The van der Waals surface area contributed by atoms with Crippen molar-refractivity contribution in [1.82, 2.24) is 0 Å². The Morgan fingerprint density at radius 2 is 2.00 bits per heavy atom. The average molecular weight is 397 g/mol. The zero-order valence-corrected chi connectivity index (χ0v) is 18.9. The lowest BCUT2D eigenvalue weighted by Gasteiger charge is -2.44. The third-order valence-electron chi connectivity index (χ3n) is 7.73. The second-order valence-corrected chi connectivity index (χ2v) is 10.6. The van der Waals surface area contributed by atoms with Gasteiger partial charge in [-0.05, 0) is 94.0 Å². The Hall–Kier alpha value is -1.30. The zero-order valence-electron chi connectivity index (χ0n) is 18.9. The molecule has 0 saturated heterocycles. The monoisotopic (exact) mass is 396 g/mol. The number of fused-ring (bicyclic) bond motifs is 1. The molecule has 2 heteroatoms. The van der Waals surface area contributed by atoms with E-state index in [9.17, 15) is 10.2 Å². The maximum Gasteiger partial charge on any atom is 0.119 e. The SMILES string of the molecule is C=C1CC[C@H](O)C/C1=C/C=C1\CCC[C@]2(C)[C@@H]([C@H](C)CC#CC(C)(C)O)CC[C@@H]12. The summed E-state index contributed by atoms with van der Waals surface area (Å²) < 4.78 is 0. The van der Waals surface area contributed by atoms with E-state index in [4.69, 9.17) is 0 Å². The number of allylic oxidation sites excluding steroid dienone is 4. The van der Waals surface area contributed by atoms with Gasteiger partial charge in [-0.3, -0.25) is 0 Å². The lowest BCUT2D eigenvalue weighted by atomic mass is 9.61. The molecule has 0 aliphatic heterocycles. The summed E-state index contributed by atoms with van der Waals surface area (Å²) in [6, 6.07) is 0. The second kappa shape index (κ2) is 8.83. The van der Waals surface area contributed by atoms with Gasteiger partial charge in [0.25, 0.3) is 0 Å². The van der Waals surface area contributed by atoms with Gasteiger partial charge in [-0.25, -0.2) is 0 Å². The van der Waals surface area contributed by atoms with E-state index in [-0.39, 0.29) is 6.10 Å². The number of rotatable bonds is 3. The molecule has 160 valence electrons. The van der Waals surface area contributed by atoms with Crippen molar-refractivity contribution < 1.29 is 10.2 Å². The Morgan fingerprint density at radius 3 is 2.72 bits per heavy atom. The van der Waals surface area contributed by atoms with Crippen molar-refractivity contribution in [3.8, 4) is 11.8 Å². The Balaban J connectivity index is 1.74. The fourth-order valence-electron chi connectivity index (χ4n) is 6.18. The standard InChI is InChI=1S/C27H40O2/c1-19-10-13-23(28)18-22(19)12-11-21-9-7-17-27(5)24(14-15-25(21)27)20(2)8-6-16-26(3,4)29/h11-12,20,23-25,28-29H,1,7-10,13-15,17-18H2,2-5H3/b21-11+,22-12-/t20-,23+,24-,25+,27-/m1/s1. The lowest BCUT2D eigenvalue weighted by Crippen LogP contribution is -2.35. The van der Waals surface area contributed by atoms with Crippen LogP contribution in [0, 0.1) is 35.0 Å². The van der Waals surface area contributed by atoms with Gasteiger partial charge in [0.2, 0.25) is 0 Å². The van der Waals surface area contributed by atoms with Gasteiger partial charge < -0.3 is 10.2 Å². The van der Waals surface area contributed by atoms with E-state index in [0.29, 0.717) is 23.2 Å². The van der Waals surface area contributed by atoms with Gasteiger partial charge in [0.1, 0.15) is 5.60 Å². The molecule has 3 rings (SSSR count). The summed E-state index contributed by atoms with van der Waals surface area (Å²) in [5, 5.41) is 19.9. The van der Waals surface area contributed by atoms with Gasteiger partial charge in [-0.1, -0.05) is 49.6 Å². The summed E-state index contributed by atoms with van der Waals surface area (Å²) in [5.74, 6) is 8.17. The van der Waals surface area contributed by atoms with Crippen LogP contribution in [-0.4, -0.2) is 21.9 Å². The Bertz CT molecular complexity index is 739. The van der Waals surface area contributed by atoms with Crippen LogP contribution in [0.25, 0.3) is 0 Å². The van der Waals surface area contributed by atoms with E-state index in [2.05, 4.69) is 44.4 Å². The minimum atomic E-state index is -0.896. The van der Waals surface area contributed by atoms with Crippen molar-refractivity contribution in [2.45, 2.75) is 97.2 Å². The molecule has 3 aliphatic rings. The topological polar surface area (TPSA) is 40.5 Å². The van der Waals surface area contributed by atoms with Crippen molar-refractivity contribution >= 4 is 0 Å². The third-order valence-corrected chi connectivity index (χ3v) is 7.73. The first kappa shape index (κ1) is 22.4. The number of hydrogen-bond donors (Lipinski definition) is 2. The maximum absolute atomic E-state index is 10.0. The van der Waals surface area contributed by atoms with Crippen LogP contribution in [0.15, 0.2) is 35.5 Å². The first-order chi connectivity index (χ1) is 13.6. The van der Waals surface area contributed by atoms with Crippen LogP contribution in [0.2, 0.25) is 0 Å². The molecular formula is C27H40O2. The summed E-state index contributed by atoms with van der Waals surface area (Å²) in [6.07, 6.45) is 14.2. The van der Waals surface area contributed by atoms with Crippen LogP contribution >= 0.6 is 0 Å². The predicted octanol–water partition coefficient (Wildman–Crippen LogP) is 5.96. The van der Waals surface area contributed by atoms with Crippen molar-refractivity contribution in [3.05, 3.63) is 35.5 Å². The van der Waals surface area contributed by atoms with E-state index >= 15 is 0 Å². The highest BCUT2D eigenvalue weighted by Crippen LogP contribution is 2.59. The summed E-state index contributed by atoms with van der Waals surface area (Å²) in [7, 11) is 0. The molecule has 0 amide bonds. The Morgan fingerprint density at radius 1 is 1.24 bits per heavy atom. The van der Waals surface area contributed by atoms with Gasteiger partial charge in [0.15, 0.2) is 0 Å². The van der Waals surface area contributed by atoms with Crippen LogP contribution in [0.3, 0.4) is 0 Å². The summed E-state index contributed by atoms with van der Waals surface area (Å²) in [5.41, 5.74) is 3.52. The van der Waals surface area contributed by atoms with Crippen molar-refractivity contribution in [2.24, 2.45) is 23.2 Å². The Kier molecular flexibility index (Phi) is 6.81. The maximum atomic E-state index is 10.0. The van der Waals surface area contributed by atoms with E-state index in [1.807, 2.05) is 0 Å². The van der Waals surface area contributed by atoms with Gasteiger partial charge in [-0.15, -0.1) is 5.92 Å². The summed E-state index contributed by atoms with van der Waals surface area (Å²) in [6.45, 7) is 12.6. The molecule has 3 aliphatic carbocycles. The highest BCUT2D eigenvalue weighted by Gasteiger charge is 2.50. The molecule has 0 aromatic carbocycles. The number of aliphatic hydroxyl groups is 2. The van der Waals surface area contributed by atoms with Gasteiger partial charge in [0.05, 0.1) is 6.10 Å². The molecule has 0 aromatic rings. The molecular weight excluding hydrogens is 356 g/mol. The first-order valence-corrected chi connectivity index (χ1v) is 11.6. The largest absolute Gasteiger partial charge is 0.393 e. The van der Waals surface area contributed by atoms with Crippen LogP contribution < -0.4 is 0 Å². The van der Waals surface area contributed by atoms with Crippen LogP contribution in [0.1, 0.15) is 85.5 Å². The van der Waals surface area contributed by atoms with Crippen molar-refractivity contribution in [1.29, 1.82) is 0 Å². The molecule has 3 saturated carbocycles. The average Bonchev–Trinajstić information content (AvgIpc) is 2.99. The lowest BCUT2D eigenvalue weighted by molar-refractivity contribution is 0.0990.